The van der Waals surface area contributed by atoms with Gasteiger partial charge >= 0.3 is 0 Å². The van der Waals surface area contributed by atoms with Gasteiger partial charge in [-0.15, -0.1) is 0 Å². The molecule has 1 amide bonds. The van der Waals surface area contributed by atoms with Gasteiger partial charge in [0.25, 0.3) is 11.5 Å². The number of benzene rings is 3. The van der Waals surface area contributed by atoms with Crippen molar-refractivity contribution in [1.29, 1.82) is 5.26 Å². The van der Waals surface area contributed by atoms with Crippen molar-refractivity contribution in [3.63, 3.8) is 0 Å². The number of halogens is 1. The Bertz CT molecular complexity index is 1470. The molecule has 1 aromatic heterocycles. The van der Waals surface area contributed by atoms with Crippen LogP contribution < -0.4 is 10.9 Å². The second-order valence-electron chi connectivity index (χ2n) is 7.95. The molecule has 0 aliphatic rings. The van der Waals surface area contributed by atoms with Gasteiger partial charge in [-0.05, 0) is 67.8 Å². The lowest BCUT2D eigenvalue weighted by molar-refractivity contribution is 0.102. The lowest BCUT2D eigenvalue weighted by Gasteiger charge is -2.13. The number of aromatic nitrogens is 2. The number of para-hydroxylation sites is 1. The topological polar surface area (TPSA) is 87.8 Å². The summed E-state index contributed by atoms with van der Waals surface area (Å²) in [5.74, 6) is -0.404. The Kier molecular flexibility index (Phi) is 6.25. The molecule has 0 aliphatic carbocycles. The van der Waals surface area contributed by atoms with Crippen molar-refractivity contribution in [3.8, 4) is 11.8 Å². The van der Waals surface area contributed by atoms with E-state index in [-0.39, 0.29) is 17.4 Å². The molecule has 0 fully saturated rings. The second-order valence-corrected chi connectivity index (χ2v) is 8.35. The minimum atomic E-state index is -0.271. The van der Waals surface area contributed by atoms with E-state index >= 15 is 0 Å². The maximum Gasteiger partial charge on any atom is 0.265 e. The molecule has 0 aliphatic heterocycles. The van der Waals surface area contributed by atoms with Gasteiger partial charge in [-0.1, -0.05) is 35.9 Å². The number of carbonyl (C=O) groups excluding carboxylic acids is 1. The Morgan fingerprint density at radius 3 is 2.76 bits per heavy atom. The molecule has 1 atom stereocenters. The first-order valence-corrected chi connectivity index (χ1v) is 10.8. The largest absolute Gasteiger partial charge is 0.322 e. The van der Waals surface area contributed by atoms with Gasteiger partial charge in [0.1, 0.15) is 6.33 Å². The normalized spacial score (nSPS) is 11.7. The van der Waals surface area contributed by atoms with Gasteiger partial charge in [0.15, 0.2) is 0 Å². The van der Waals surface area contributed by atoms with Crippen molar-refractivity contribution < 1.29 is 4.79 Å². The average Bonchev–Trinajstić information content (AvgIpc) is 2.81. The predicted molar refractivity (Wildman–Crippen MR) is 130 cm³/mol. The summed E-state index contributed by atoms with van der Waals surface area (Å²) < 4.78 is 1.45. The highest BCUT2D eigenvalue weighted by Gasteiger charge is 2.13. The predicted octanol–water partition coefficient (Wildman–Crippen LogP) is 5.30. The molecule has 4 aromatic rings. The quantitative estimate of drug-likeness (QED) is 0.441. The monoisotopic (exact) mass is 456 g/mol. The van der Waals surface area contributed by atoms with E-state index in [9.17, 15) is 9.59 Å². The van der Waals surface area contributed by atoms with Crippen LogP contribution in [0.15, 0.2) is 71.8 Å². The number of nitriles is 1. The molecule has 0 saturated carbocycles. The number of anilines is 1. The summed E-state index contributed by atoms with van der Waals surface area (Å²) in [7, 11) is 0. The van der Waals surface area contributed by atoms with E-state index in [1.165, 1.54) is 10.9 Å². The van der Waals surface area contributed by atoms with Gasteiger partial charge in [0.2, 0.25) is 0 Å². The number of amides is 1. The molecule has 4 rings (SSSR count). The third-order valence-corrected chi connectivity index (χ3v) is 5.72. The molecular formula is C26H21ClN4O2. The number of nitrogens with one attached hydrogen (secondary N) is 1. The van der Waals surface area contributed by atoms with E-state index in [0.717, 1.165) is 11.1 Å². The maximum atomic E-state index is 13.1. The van der Waals surface area contributed by atoms with E-state index in [1.54, 1.807) is 48.5 Å². The van der Waals surface area contributed by atoms with Crippen molar-refractivity contribution in [2.75, 3.05) is 5.32 Å². The van der Waals surface area contributed by atoms with Crippen LogP contribution >= 0.6 is 11.6 Å². The van der Waals surface area contributed by atoms with Crippen molar-refractivity contribution in [3.05, 3.63) is 99.1 Å². The van der Waals surface area contributed by atoms with Gasteiger partial charge in [-0.2, -0.15) is 5.26 Å². The van der Waals surface area contributed by atoms with Gasteiger partial charge in [-0.25, -0.2) is 4.98 Å². The molecule has 3 aromatic carbocycles. The number of carbonyl (C=O) groups is 1. The summed E-state index contributed by atoms with van der Waals surface area (Å²) >= 11 is 6.17. The zero-order valence-corrected chi connectivity index (χ0v) is 18.9. The molecular weight excluding hydrogens is 436 g/mol. The van der Waals surface area contributed by atoms with E-state index in [4.69, 9.17) is 16.9 Å². The first-order valence-electron chi connectivity index (χ1n) is 10.4. The molecule has 6 nitrogen and oxygen atoms in total. The van der Waals surface area contributed by atoms with Crippen LogP contribution in [0.3, 0.4) is 0 Å². The molecule has 0 saturated heterocycles. The summed E-state index contributed by atoms with van der Waals surface area (Å²) in [6, 6.07) is 19.9. The van der Waals surface area contributed by atoms with Crippen LogP contribution in [0.1, 0.15) is 28.4 Å². The first kappa shape index (κ1) is 22.3. The standard InChI is InChI=1S/C26H21ClN4O2/c1-16(14-28)11-18-5-3-6-19(12-18)25(32)30-20-10-9-17(2)23(13-20)31-15-29-24-21(26(31)33)7-4-8-22(24)27/h3-10,12-13,15-16H,11H2,1-2H3,(H,30,32). The molecule has 0 spiro atoms. The fourth-order valence-electron chi connectivity index (χ4n) is 3.68. The Morgan fingerprint density at radius 1 is 1.18 bits per heavy atom. The average molecular weight is 457 g/mol. The van der Waals surface area contributed by atoms with Crippen LogP contribution in [0, 0.1) is 24.2 Å². The number of fused-ring (bicyclic) bond motifs is 1. The van der Waals surface area contributed by atoms with Gasteiger partial charge in [0, 0.05) is 17.2 Å². The van der Waals surface area contributed by atoms with Crippen LogP contribution in [0.5, 0.6) is 0 Å². The van der Waals surface area contributed by atoms with E-state index in [2.05, 4.69) is 16.4 Å². The molecule has 0 bridgehead atoms. The molecule has 164 valence electrons. The summed E-state index contributed by atoms with van der Waals surface area (Å²) in [5, 5.41) is 12.8. The molecule has 0 radical (unpaired) electrons. The molecule has 1 unspecified atom stereocenters. The number of rotatable bonds is 5. The van der Waals surface area contributed by atoms with Crippen molar-refractivity contribution in [1.82, 2.24) is 9.55 Å². The fourth-order valence-corrected chi connectivity index (χ4v) is 3.90. The molecule has 1 N–H and O–H groups in total. The van der Waals surface area contributed by atoms with Crippen molar-refractivity contribution >= 4 is 34.1 Å². The fraction of sp³-hybridized carbons (Fsp3) is 0.154. The summed E-state index contributed by atoms with van der Waals surface area (Å²) in [6.45, 7) is 3.73. The third-order valence-electron chi connectivity index (χ3n) is 5.42. The minimum absolute atomic E-state index is 0.133. The zero-order chi connectivity index (χ0) is 23.5. The van der Waals surface area contributed by atoms with E-state index in [1.807, 2.05) is 26.0 Å². The Labute approximate surface area is 196 Å². The highest BCUT2D eigenvalue weighted by atomic mass is 35.5. The van der Waals surface area contributed by atoms with Crippen LogP contribution in [-0.4, -0.2) is 15.5 Å². The van der Waals surface area contributed by atoms with Crippen molar-refractivity contribution in [2.45, 2.75) is 20.3 Å². The van der Waals surface area contributed by atoms with Crippen LogP contribution in [0.25, 0.3) is 16.6 Å². The highest BCUT2D eigenvalue weighted by Crippen LogP contribution is 2.22. The lowest BCUT2D eigenvalue weighted by Crippen LogP contribution is -2.20. The molecule has 7 heteroatoms. The van der Waals surface area contributed by atoms with Gasteiger partial charge in [0.05, 0.1) is 27.7 Å². The third kappa shape index (κ3) is 4.64. The maximum absolute atomic E-state index is 13.1. The van der Waals surface area contributed by atoms with E-state index < -0.39 is 0 Å². The Balaban J connectivity index is 1.65. The zero-order valence-electron chi connectivity index (χ0n) is 18.2. The smallest absolute Gasteiger partial charge is 0.265 e. The highest BCUT2D eigenvalue weighted by molar-refractivity contribution is 6.34. The summed E-state index contributed by atoms with van der Waals surface area (Å²) in [5.41, 5.74) is 3.65. The van der Waals surface area contributed by atoms with E-state index in [0.29, 0.717) is 39.3 Å². The minimum Gasteiger partial charge on any atom is -0.322 e. The number of aryl methyl sites for hydroxylation is 1. The van der Waals surface area contributed by atoms with Crippen LogP contribution in [-0.2, 0) is 6.42 Å². The molecule has 33 heavy (non-hydrogen) atoms. The molecule has 1 heterocycles. The van der Waals surface area contributed by atoms with Crippen molar-refractivity contribution in [2.24, 2.45) is 5.92 Å². The summed E-state index contributed by atoms with van der Waals surface area (Å²) in [4.78, 5) is 30.3. The second kappa shape index (κ2) is 9.27. The number of hydrogen-bond donors (Lipinski definition) is 1. The number of nitrogens with zero attached hydrogens (tertiary/aromatic N) is 3. The van der Waals surface area contributed by atoms with Crippen LogP contribution in [0.4, 0.5) is 5.69 Å². The lowest BCUT2D eigenvalue weighted by atomic mass is 10.0. The Hall–Kier alpha value is -3.95. The van der Waals surface area contributed by atoms with Gasteiger partial charge in [-0.3, -0.25) is 14.2 Å². The summed E-state index contributed by atoms with van der Waals surface area (Å²) in [6.07, 6.45) is 2.03. The SMILES string of the molecule is Cc1ccc(NC(=O)c2cccc(CC(C)C#N)c2)cc1-n1cnc2c(Cl)cccc2c1=O. The first-order chi connectivity index (χ1) is 15.9. The Morgan fingerprint density at radius 2 is 1.97 bits per heavy atom. The number of hydrogen-bond acceptors (Lipinski definition) is 4. The van der Waals surface area contributed by atoms with Gasteiger partial charge < -0.3 is 5.32 Å². The van der Waals surface area contributed by atoms with Crippen LogP contribution in [0.2, 0.25) is 5.02 Å².